The Bertz CT molecular complexity index is 1460. The predicted octanol–water partition coefficient (Wildman–Crippen LogP) is 2.13. The zero-order valence-corrected chi connectivity index (χ0v) is 18.1. The van der Waals surface area contributed by atoms with Crippen molar-refractivity contribution in [3.8, 4) is 11.5 Å². The molecule has 3 heterocycles. The third-order valence-electron chi connectivity index (χ3n) is 5.66. The third kappa shape index (κ3) is 3.31. The third-order valence-corrected chi connectivity index (χ3v) is 5.66. The number of nitrogens with zero attached hydrogens (tertiary/aromatic N) is 4. The van der Waals surface area contributed by atoms with Gasteiger partial charge in [0.15, 0.2) is 22.7 Å². The molecular weight excluding hydrogens is 410 g/mol. The lowest BCUT2D eigenvalue weighted by atomic mass is 10.1. The summed E-state index contributed by atoms with van der Waals surface area (Å²) in [5.41, 5.74) is 3.08. The Hall–Kier alpha value is -4.01. The smallest absolute Gasteiger partial charge is 0.332 e. The van der Waals surface area contributed by atoms with Crippen molar-refractivity contribution in [2.75, 3.05) is 12.1 Å². The van der Waals surface area contributed by atoms with Crippen molar-refractivity contribution < 1.29 is 9.47 Å². The van der Waals surface area contributed by atoms with Crippen LogP contribution in [0.1, 0.15) is 16.7 Å². The van der Waals surface area contributed by atoms with Gasteiger partial charge in [0.05, 0.1) is 6.54 Å². The highest BCUT2D eigenvalue weighted by Crippen LogP contribution is 2.32. The molecule has 1 N–H and O–H groups in total. The average Bonchev–Trinajstić information content (AvgIpc) is 3.39. The summed E-state index contributed by atoms with van der Waals surface area (Å²) in [6.45, 7) is 3.14. The topological polar surface area (TPSA) is 92.3 Å². The molecule has 4 aromatic rings. The largest absolute Gasteiger partial charge is 0.454 e. The van der Waals surface area contributed by atoms with Crippen molar-refractivity contribution in [3.05, 3.63) is 80.0 Å². The van der Waals surface area contributed by atoms with Crippen molar-refractivity contribution in [3.63, 3.8) is 0 Å². The minimum Gasteiger partial charge on any atom is -0.454 e. The maximum atomic E-state index is 13.0. The summed E-state index contributed by atoms with van der Waals surface area (Å²) >= 11 is 0. The summed E-state index contributed by atoms with van der Waals surface area (Å²) in [7, 11) is 3.10. The molecule has 0 fully saturated rings. The van der Waals surface area contributed by atoms with Gasteiger partial charge < -0.3 is 14.8 Å². The van der Waals surface area contributed by atoms with Crippen LogP contribution >= 0.6 is 0 Å². The fourth-order valence-electron chi connectivity index (χ4n) is 3.96. The monoisotopic (exact) mass is 433 g/mol. The normalized spacial score (nSPS) is 12.5. The highest BCUT2D eigenvalue weighted by atomic mass is 16.7. The van der Waals surface area contributed by atoms with E-state index in [1.54, 1.807) is 7.05 Å². The van der Waals surface area contributed by atoms with E-state index in [9.17, 15) is 9.59 Å². The first-order valence-corrected chi connectivity index (χ1v) is 10.3. The van der Waals surface area contributed by atoms with Crippen LogP contribution in [-0.2, 0) is 27.2 Å². The Kier molecular flexibility index (Phi) is 4.73. The number of fused-ring (bicyclic) bond motifs is 2. The highest BCUT2D eigenvalue weighted by Gasteiger charge is 2.20. The summed E-state index contributed by atoms with van der Waals surface area (Å²) in [6, 6.07) is 13.8. The highest BCUT2D eigenvalue weighted by molar-refractivity contribution is 5.74. The van der Waals surface area contributed by atoms with Crippen LogP contribution in [0.25, 0.3) is 11.2 Å². The number of nitrogens with one attached hydrogen (secondary N) is 1. The molecule has 0 spiro atoms. The molecule has 5 rings (SSSR count). The molecular formula is C23H23N5O4. The first-order chi connectivity index (χ1) is 15.4. The fraction of sp³-hybridized carbons (Fsp3) is 0.261. The lowest BCUT2D eigenvalue weighted by Crippen LogP contribution is -2.37. The van der Waals surface area contributed by atoms with Crippen LogP contribution in [0.5, 0.6) is 11.5 Å². The van der Waals surface area contributed by atoms with Crippen molar-refractivity contribution in [1.82, 2.24) is 18.7 Å². The minimum absolute atomic E-state index is 0.218. The SMILES string of the molecule is Cc1cccc(Cn2c(NCc3ccc4c(c3)OCO4)nc3c2c(=O)n(C)c(=O)n3C)c1. The van der Waals surface area contributed by atoms with Crippen molar-refractivity contribution in [1.29, 1.82) is 0 Å². The number of imidazole rings is 1. The van der Waals surface area contributed by atoms with Crippen LogP contribution in [-0.4, -0.2) is 25.5 Å². The van der Waals surface area contributed by atoms with Crippen molar-refractivity contribution in [2.24, 2.45) is 14.1 Å². The number of ether oxygens (including phenoxy) is 2. The number of hydrogen-bond acceptors (Lipinski definition) is 6. The molecule has 0 unspecified atom stereocenters. The van der Waals surface area contributed by atoms with Gasteiger partial charge in [-0.05, 0) is 30.2 Å². The number of benzene rings is 2. The van der Waals surface area contributed by atoms with Crippen LogP contribution in [0.4, 0.5) is 5.95 Å². The molecule has 9 nitrogen and oxygen atoms in total. The number of hydrogen-bond donors (Lipinski definition) is 1. The van der Waals surface area contributed by atoms with Crippen LogP contribution in [0.2, 0.25) is 0 Å². The van der Waals surface area contributed by atoms with Gasteiger partial charge in [-0.1, -0.05) is 35.9 Å². The zero-order chi connectivity index (χ0) is 22.4. The summed E-state index contributed by atoms with van der Waals surface area (Å²) in [5, 5.41) is 3.33. The number of rotatable bonds is 5. The van der Waals surface area contributed by atoms with Gasteiger partial charge in [0.25, 0.3) is 5.56 Å². The fourth-order valence-corrected chi connectivity index (χ4v) is 3.96. The Balaban J connectivity index is 1.59. The van der Waals surface area contributed by atoms with E-state index in [1.807, 2.05) is 47.9 Å². The van der Waals surface area contributed by atoms with Crippen molar-refractivity contribution in [2.45, 2.75) is 20.0 Å². The molecule has 9 heteroatoms. The number of aryl methyl sites for hydroxylation is 2. The molecule has 1 aliphatic rings. The molecule has 32 heavy (non-hydrogen) atoms. The minimum atomic E-state index is -0.412. The van der Waals surface area contributed by atoms with E-state index in [4.69, 9.17) is 9.47 Å². The summed E-state index contributed by atoms with van der Waals surface area (Å²) < 4.78 is 15.2. The van der Waals surface area contributed by atoms with E-state index in [0.29, 0.717) is 36.0 Å². The first kappa shape index (κ1) is 19.9. The van der Waals surface area contributed by atoms with Crippen LogP contribution in [0.3, 0.4) is 0 Å². The standard InChI is InChI=1S/C23H23N5O4/c1-14-5-4-6-16(9-14)12-28-19-20(26(2)23(30)27(3)21(19)29)25-22(28)24-11-15-7-8-17-18(10-15)32-13-31-17/h4-10H,11-13H2,1-3H3,(H,24,25). The zero-order valence-electron chi connectivity index (χ0n) is 18.1. The molecule has 1 aliphatic heterocycles. The van der Waals surface area contributed by atoms with Crippen molar-refractivity contribution >= 4 is 17.1 Å². The molecule has 0 amide bonds. The van der Waals surface area contributed by atoms with E-state index in [-0.39, 0.29) is 12.4 Å². The number of aromatic nitrogens is 4. The van der Waals surface area contributed by atoms with E-state index in [0.717, 1.165) is 27.0 Å². The molecule has 0 radical (unpaired) electrons. The van der Waals surface area contributed by atoms with Crippen LogP contribution < -0.4 is 26.0 Å². The molecule has 0 bridgehead atoms. The second-order valence-corrected chi connectivity index (χ2v) is 7.93. The second-order valence-electron chi connectivity index (χ2n) is 7.93. The van der Waals surface area contributed by atoms with Crippen LogP contribution in [0.15, 0.2) is 52.1 Å². The molecule has 2 aromatic carbocycles. The first-order valence-electron chi connectivity index (χ1n) is 10.3. The van der Waals surface area contributed by atoms with Gasteiger partial charge in [-0.2, -0.15) is 4.98 Å². The van der Waals surface area contributed by atoms with Gasteiger partial charge in [0.1, 0.15) is 0 Å². The summed E-state index contributed by atoms with van der Waals surface area (Å²) in [5.74, 6) is 1.94. The lowest BCUT2D eigenvalue weighted by Gasteiger charge is -2.12. The Labute approximate surface area is 183 Å². The predicted molar refractivity (Wildman–Crippen MR) is 120 cm³/mol. The molecule has 0 saturated carbocycles. The summed E-state index contributed by atoms with van der Waals surface area (Å²) in [4.78, 5) is 30.1. The Morgan fingerprint density at radius 3 is 2.62 bits per heavy atom. The maximum Gasteiger partial charge on any atom is 0.332 e. The molecule has 0 saturated heterocycles. The van der Waals surface area contributed by atoms with Gasteiger partial charge in [-0.25, -0.2) is 4.79 Å². The molecule has 0 aliphatic carbocycles. The van der Waals surface area contributed by atoms with E-state index in [2.05, 4.69) is 16.4 Å². The van der Waals surface area contributed by atoms with Gasteiger partial charge in [-0.15, -0.1) is 0 Å². The lowest BCUT2D eigenvalue weighted by molar-refractivity contribution is 0.174. The molecule has 2 aromatic heterocycles. The maximum absolute atomic E-state index is 13.0. The molecule has 164 valence electrons. The Morgan fingerprint density at radius 1 is 1.00 bits per heavy atom. The van der Waals surface area contributed by atoms with E-state index >= 15 is 0 Å². The Morgan fingerprint density at radius 2 is 1.81 bits per heavy atom. The van der Waals surface area contributed by atoms with Gasteiger partial charge in [0, 0.05) is 20.6 Å². The van der Waals surface area contributed by atoms with Gasteiger partial charge in [0.2, 0.25) is 12.7 Å². The van der Waals surface area contributed by atoms with E-state index in [1.165, 1.54) is 11.6 Å². The summed E-state index contributed by atoms with van der Waals surface area (Å²) in [6.07, 6.45) is 0. The quantitative estimate of drug-likeness (QED) is 0.518. The van der Waals surface area contributed by atoms with E-state index < -0.39 is 5.69 Å². The molecule has 0 atom stereocenters. The number of anilines is 1. The van der Waals surface area contributed by atoms with Crippen LogP contribution in [0, 0.1) is 6.92 Å². The van der Waals surface area contributed by atoms with Gasteiger partial charge >= 0.3 is 5.69 Å². The average molecular weight is 433 g/mol. The van der Waals surface area contributed by atoms with Gasteiger partial charge in [-0.3, -0.25) is 18.5 Å². The second kappa shape index (κ2) is 7.60.